The summed E-state index contributed by atoms with van der Waals surface area (Å²) in [5.41, 5.74) is 3.05. The van der Waals surface area contributed by atoms with Crippen molar-refractivity contribution in [1.82, 2.24) is 15.2 Å². The summed E-state index contributed by atoms with van der Waals surface area (Å²) in [6.07, 6.45) is 0. The Morgan fingerprint density at radius 2 is 2.17 bits per heavy atom. The average Bonchev–Trinajstić information content (AvgIpc) is 2.68. The molecule has 0 spiro atoms. The third kappa shape index (κ3) is 2.71. The average molecular weight is 247 g/mol. The van der Waals surface area contributed by atoms with E-state index in [-0.39, 0.29) is 0 Å². The van der Waals surface area contributed by atoms with Gasteiger partial charge in [-0.1, -0.05) is 13.0 Å². The van der Waals surface area contributed by atoms with Gasteiger partial charge in [0.05, 0.1) is 0 Å². The smallest absolute Gasteiger partial charge is 0.192 e. The van der Waals surface area contributed by atoms with Crippen molar-refractivity contribution < 1.29 is 4.42 Å². The first-order chi connectivity index (χ1) is 8.61. The molecule has 1 N–H and O–H groups in total. The maximum atomic E-state index is 5.59. The van der Waals surface area contributed by atoms with E-state index in [1.165, 1.54) is 5.56 Å². The number of aryl methyl sites for hydroxylation is 1. The lowest BCUT2D eigenvalue weighted by Crippen LogP contribution is -2.30. The van der Waals surface area contributed by atoms with Crippen LogP contribution in [-0.4, -0.2) is 37.1 Å². The number of oxazole rings is 1. The Kier molecular flexibility index (Phi) is 3.99. The summed E-state index contributed by atoms with van der Waals surface area (Å²) >= 11 is 0. The highest BCUT2D eigenvalue weighted by Gasteiger charge is 2.15. The molecule has 2 aromatic rings. The van der Waals surface area contributed by atoms with Gasteiger partial charge in [-0.15, -0.1) is 0 Å². The molecule has 0 amide bonds. The van der Waals surface area contributed by atoms with Crippen molar-refractivity contribution in [2.24, 2.45) is 0 Å². The minimum absolute atomic E-state index is 0.347. The molecular weight excluding hydrogens is 226 g/mol. The number of aromatic nitrogens is 1. The van der Waals surface area contributed by atoms with Crippen LogP contribution in [0.1, 0.15) is 24.4 Å². The van der Waals surface area contributed by atoms with Crippen molar-refractivity contribution in [3.63, 3.8) is 0 Å². The fourth-order valence-corrected chi connectivity index (χ4v) is 2.14. The van der Waals surface area contributed by atoms with Crippen LogP contribution in [0, 0.1) is 6.92 Å². The van der Waals surface area contributed by atoms with Crippen LogP contribution < -0.4 is 5.32 Å². The van der Waals surface area contributed by atoms with Gasteiger partial charge >= 0.3 is 0 Å². The topological polar surface area (TPSA) is 41.3 Å². The van der Waals surface area contributed by atoms with Crippen LogP contribution >= 0.6 is 0 Å². The van der Waals surface area contributed by atoms with Gasteiger partial charge in [0.25, 0.3) is 0 Å². The molecule has 18 heavy (non-hydrogen) atoms. The van der Waals surface area contributed by atoms with Crippen molar-refractivity contribution in [3.05, 3.63) is 29.7 Å². The van der Waals surface area contributed by atoms with Gasteiger partial charge in [-0.2, -0.15) is 0 Å². The number of nitrogens with one attached hydrogen (secondary N) is 1. The van der Waals surface area contributed by atoms with E-state index in [2.05, 4.69) is 48.4 Å². The van der Waals surface area contributed by atoms with Crippen molar-refractivity contribution in [2.75, 3.05) is 27.2 Å². The van der Waals surface area contributed by atoms with E-state index < -0.39 is 0 Å². The first-order valence-electron chi connectivity index (χ1n) is 6.36. The highest BCUT2D eigenvalue weighted by atomic mass is 16.3. The molecule has 0 fully saturated rings. The highest BCUT2D eigenvalue weighted by Crippen LogP contribution is 2.23. The zero-order valence-corrected chi connectivity index (χ0v) is 11.5. The molecule has 0 bridgehead atoms. The van der Waals surface area contributed by atoms with Gasteiger partial charge in [0.2, 0.25) is 0 Å². The molecule has 4 nitrogen and oxygen atoms in total. The maximum Gasteiger partial charge on any atom is 0.192 e. The maximum absolute atomic E-state index is 5.59. The van der Waals surface area contributed by atoms with Crippen LogP contribution in [0.4, 0.5) is 0 Å². The number of likely N-dealkylation sites (N-methyl/N-ethyl adjacent to an activating group) is 2. The van der Waals surface area contributed by atoms with Crippen LogP contribution in [0.15, 0.2) is 22.6 Å². The molecule has 0 saturated heterocycles. The van der Waals surface area contributed by atoms with Crippen LogP contribution in [0.2, 0.25) is 0 Å². The van der Waals surface area contributed by atoms with E-state index in [0.717, 1.165) is 30.1 Å². The van der Waals surface area contributed by atoms with Crippen LogP contribution in [0.25, 0.3) is 11.1 Å². The van der Waals surface area contributed by atoms with Gasteiger partial charge in [0.1, 0.15) is 5.52 Å². The Balaban J connectivity index is 2.31. The van der Waals surface area contributed by atoms with Gasteiger partial charge < -0.3 is 14.6 Å². The molecule has 2 rings (SSSR count). The minimum Gasteiger partial charge on any atom is -0.441 e. The Morgan fingerprint density at radius 1 is 1.39 bits per heavy atom. The van der Waals surface area contributed by atoms with Gasteiger partial charge in [0.15, 0.2) is 11.5 Å². The van der Waals surface area contributed by atoms with E-state index >= 15 is 0 Å². The number of rotatable bonds is 5. The fraction of sp³-hybridized carbons (Fsp3) is 0.500. The van der Waals surface area contributed by atoms with E-state index in [1.807, 2.05) is 13.0 Å². The highest BCUT2D eigenvalue weighted by molar-refractivity contribution is 5.73. The monoisotopic (exact) mass is 247 g/mol. The second-order valence-corrected chi connectivity index (χ2v) is 4.75. The Labute approximate surface area is 108 Å². The van der Waals surface area contributed by atoms with Gasteiger partial charge in [-0.05, 0) is 38.3 Å². The third-order valence-electron chi connectivity index (χ3n) is 3.12. The van der Waals surface area contributed by atoms with E-state index in [9.17, 15) is 0 Å². The van der Waals surface area contributed by atoms with Crippen LogP contribution in [0.5, 0.6) is 0 Å². The molecule has 1 aromatic heterocycles. The third-order valence-corrected chi connectivity index (χ3v) is 3.12. The lowest BCUT2D eigenvalue weighted by Gasteiger charge is -2.24. The Hall–Kier alpha value is -1.39. The second kappa shape index (κ2) is 5.50. The van der Waals surface area contributed by atoms with E-state index in [4.69, 9.17) is 4.42 Å². The van der Waals surface area contributed by atoms with Gasteiger partial charge in [-0.3, -0.25) is 0 Å². The second-order valence-electron chi connectivity index (χ2n) is 4.75. The largest absolute Gasteiger partial charge is 0.441 e. The minimum atomic E-state index is 0.347. The van der Waals surface area contributed by atoms with Crippen molar-refractivity contribution in [2.45, 2.75) is 19.9 Å². The Morgan fingerprint density at radius 3 is 2.83 bits per heavy atom. The normalized spacial score (nSPS) is 13.4. The summed E-state index contributed by atoms with van der Waals surface area (Å²) in [5, 5.41) is 3.39. The molecule has 4 heteroatoms. The Bertz CT molecular complexity index is 519. The molecule has 0 aliphatic heterocycles. The summed E-state index contributed by atoms with van der Waals surface area (Å²) in [6.45, 7) is 5.91. The zero-order valence-electron chi connectivity index (χ0n) is 11.5. The lowest BCUT2D eigenvalue weighted by molar-refractivity contribution is 0.290. The summed E-state index contributed by atoms with van der Waals surface area (Å²) in [6, 6.07) is 6.60. The molecule has 0 saturated carbocycles. The first-order valence-corrected chi connectivity index (χ1v) is 6.36. The molecular formula is C14H21N3O. The van der Waals surface area contributed by atoms with Crippen molar-refractivity contribution in [1.29, 1.82) is 0 Å². The quantitative estimate of drug-likeness (QED) is 0.880. The molecule has 1 heterocycles. The summed E-state index contributed by atoms with van der Waals surface area (Å²) in [4.78, 5) is 6.54. The van der Waals surface area contributed by atoms with Crippen LogP contribution in [-0.2, 0) is 0 Å². The summed E-state index contributed by atoms with van der Waals surface area (Å²) in [5.74, 6) is 0.718. The predicted octanol–water partition coefficient (Wildman–Crippen LogP) is 2.35. The van der Waals surface area contributed by atoms with E-state index in [0.29, 0.717) is 6.04 Å². The molecule has 0 aliphatic rings. The standard InChI is InChI=1S/C14H21N3O/c1-5-15-9-13(17(3)4)11-6-7-12-14(8-11)18-10(2)16-12/h6-8,13,15H,5,9H2,1-4H3. The van der Waals surface area contributed by atoms with E-state index in [1.54, 1.807) is 0 Å². The molecule has 1 aromatic carbocycles. The van der Waals surface area contributed by atoms with Gasteiger partial charge in [-0.25, -0.2) is 4.98 Å². The lowest BCUT2D eigenvalue weighted by atomic mass is 10.1. The number of fused-ring (bicyclic) bond motifs is 1. The van der Waals surface area contributed by atoms with Crippen molar-refractivity contribution >= 4 is 11.1 Å². The predicted molar refractivity (Wildman–Crippen MR) is 73.7 cm³/mol. The SMILES string of the molecule is CCNCC(c1ccc2nc(C)oc2c1)N(C)C. The first kappa shape index (κ1) is 13.1. The zero-order chi connectivity index (χ0) is 13.1. The van der Waals surface area contributed by atoms with Crippen molar-refractivity contribution in [3.8, 4) is 0 Å². The van der Waals surface area contributed by atoms with Gasteiger partial charge in [0, 0.05) is 19.5 Å². The summed E-state index contributed by atoms with van der Waals surface area (Å²) in [7, 11) is 4.19. The fourth-order valence-electron chi connectivity index (χ4n) is 2.14. The summed E-state index contributed by atoms with van der Waals surface area (Å²) < 4.78 is 5.59. The molecule has 0 radical (unpaired) electrons. The molecule has 1 unspecified atom stereocenters. The number of benzene rings is 1. The molecule has 0 aliphatic carbocycles. The number of hydrogen-bond acceptors (Lipinski definition) is 4. The molecule has 98 valence electrons. The van der Waals surface area contributed by atoms with Crippen LogP contribution in [0.3, 0.4) is 0 Å². The molecule has 1 atom stereocenters. The number of nitrogens with zero attached hydrogens (tertiary/aromatic N) is 2. The number of hydrogen-bond donors (Lipinski definition) is 1.